The average molecular weight is 507 g/mol. The lowest BCUT2D eigenvalue weighted by atomic mass is 10.1. The molecule has 7 nitrogen and oxygen atoms in total. The Labute approximate surface area is 221 Å². The third-order valence-corrected chi connectivity index (χ3v) is 6.80. The van der Waals surface area contributed by atoms with Crippen molar-refractivity contribution in [3.63, 3.8) is 0 Å². The first kappa shape index (κ1) is 21.5. The summed E-state index contributed by atoms with van der Waals surface area (Å²) in [7, 11) is 0. The van der Waals surface area contributed by atoms with Crippen LogP contribution in [0.3, 0.4) is 0 Å². The first-order chi connectivity index (χ1) is 19.3. The molecule has 0 amide bonds. The van der Waals surface area contributed by atoms with E-state index in [0.717, 1.165) is 66.4 Å². The van der Waals surface area contributed by atoms with Gasteiger partial charge in [-0.2, -0.15) is 0 Å². The molecule has 184 valence electrons. The Morgan fingerprint density at radius 3 is 1.51 bits per heavy atom. The van der Waals surface area contributed by atoms with E-state index in [1.54, 1.807) is 24.8 Å². The van der Waals surface area contributed by atoms with Gasteiger partial charge < -0.3 is 13.6 Å². The molecule has 2 aromatic carbocycles. The number of ether oxygens (including phenoxy) is 1. The number of rotatable bonds is 4. The molecule has 0 aliphatic heterocycles. The Kier molecular flexibility index (Phi) is 4.69. The maximum atomic E-state index is 6.11. The molecule has 7 heteroatoms. The zero-order valence-electron chi connectivity index (χ0n) is 20.4. The van der Waals surface area contributed by atoms with Crippen molar-refractivity contribution in [3.8, 4) is 34.3 Å². The number of benzene rings is 2. The fraction of sp³-hybridized carbons (Fsp3) is 0. The molecule has 0 atom stereocenters. The normalized spacial score (nSPS) is 11.6. The van der Waals surface area contributed by atoms with Gasteiger partial charge in [0.1, 0.15) is 11.2 Å². The summed E-state index contributed by atoms with van der Waals surface area (Å²) < 4.78 is 17.9. The highest BCUT2D eigenvalue weighted by Crippen LogP contribution is 2.34. The van der Waals surface area contributed by atoms with Gasteiger partial charge in [0, 0.05) is 57.2 Å². The fourth-order valence-electron chi connectivity index (χ4n) is 4.95. The van der Waals surface area contributed by atoms with E-state index in [4.69, 9.17) is 23.5 Å². The van der Waals surface area contributed by atoms with E-state index in [-0.39, 0.29) is 0 Å². The molecular weight excluding hydrogens is 488 g/mol. The van der Waals surface area contributed by atoms with Crippen molar-refractivity contribution >= 4 is 43.9 Å². The fourth-order valence-corrected chi connectivity index (χ4v) is 4.95. The van der Waals surface area contributed by atoms with Gasteiger partial charge in [-0.1, -0.05) is 12.1 Å². The smallest absolute Gasteiger partial charge is 0.221 e. The van der Waals surface area contributed by atoms with Gasteiger partial charge in [0.2, 0.25) is 11.8 Å². The van der Waals surface area contributed by atoms with Gasteiger partial charge in [0.25, 0.3) is 0 Å². The summed E-state index contributed by atoms with van der Waals surface area (Å²) in [6.07, 6.45) is 7.00. The van der Waals surface area contributed by atoms with Crippen LogP contribution in [0.15, 0.2) is 119 Å². The number of hydrogen-bond donors (Lipinski definition) is 0. The second-order valence-corrected chi connectivity index (χ2v) is 9.19. The first-order valence-electron chi connectivity index (χ1n) is 12.4. The van der Waals surface area contributed by atoms with E-state index >= 15 is 0 Å². The summed E-state index contributed by atoms with van der Waals surface area (Å²) in [5.41, 5.74) is 6.66. The molecule has 0 saturated heterocycles. The lowest BCUT2D eigenvalue weighted by molar-refractivity contribution is 0.446. The zero-order chi connectivity index (χ0) is 25.8. The quantitative estimate of drug-likeness (QED) is 0.238. The number of pyridine rings is 4. The Bertz CT molecular complexity index is 2030. The van der Waals surface area contributed by atoms with E-state index < -0.39 is 0 Å². The molecule has 0 radical (unpaired) electrons. The van der Waals surface area contributed by atoms with Crippen molar-refractivity contribution < 1.29 is 13.6 Å². The van der Waals surface area contributed by atoms with Crippen LogP contribution in [0.25, 0.3) is 66.4 Å². The predicted octanol–water partition coefficient (Wildman–Crippen LogP) is 8.19. The van der Waals surface area contributed by atoms with Gasteiger partial charge >= 0.3 is 0 Å². The third kappa shape index (κ3) is 3.67. The van der Waals surface area contributed by atoms with Crippen LogP contribution in [0, 0.1) is 0 Å². The summed E-state index contributed by atoms with van der Waals surface area (Å²) in [5, 5.41) is 4.08. The molecule has 0 spiro atoms. The molecule has 6 heterocycles. The van der Waals surface area contributed by atoms with E-state index in [1.165, 1.54) is 0 Å². The highest BCUT2D eigenvalue weighted by Gasteiger charge is 2.12. The Hall–Kier alpha value is -5.56. The maximum Gasteiger partial charge on any atom is 0.221 e. The van der Waals surface area contributed by atoms with Gasteiger partial charge in [-0.15, -0.1) is 0 Å². The van der Waals surface area contributed by atoms with Crippen molar-refractivity contribution in [2.75, 3.05) is 0 Å². The van der Waals surface area contributed by atoms with Crippen LogP contribution < -0.4 is 4.74 Å². The largest absolute Gasteiger partial charge is 0.454 e. The molecule has 39 heavy (non-hydrogen) atoms. The molecule has 0 saturated carbocycles. The van der Waals surface area contributed by atoms with Crippen molar-refractivity contribution in [2.45, 2.75) is 0 Å². The third-order valence-electron chi connectivity index (χ3n) is 6.80. The zero-order valence-corrected chi connectivity index (χ0v) is 20.4. The molecule has 0 bridgehead atoms. The summed E-state index contributed by atoms with van der Waals surface area (Å²) in [4.78, 5) is 17.8. The van der Waals surface area contributed by atoms with Crippen LogP contribution in [0.4, 0.5) is 0 Å². The van der Waals surface area contributed by atoms with Crippen molar-refractivity contribution in [1.29, 1.82) is 0 Å². The van der Waals surface area contributed by atoms with E-state index in [1.807, 2.05) is 72.8 Å². The lowest BCUT2D eigenvalue weighted by Crippen LogP contribution is -1.93. The summed E-state index contributed by atoms with van der Waals surface area (Å²) in [5.74, 6) is 0.921. The van der Waals surface area contributed by atoms with E-state index in [9.17, 15) is 0 Å². The minimum Gasteiger partial charge on any atom is -0.454 e. The van der Waals surface area contributed by atoms with Gasteiger partial charge in [-0.05, 0) is 60.7 Å². The second kappa shape index (κ2) is 8.49. The monoisotopic (exact) mass is 506 g/mol. The molecule has 6 aromatic heterocycles. The topological polar surface area (TPSA) is 87.1 Å². The van der Waals surface area contributed by atoms with Gasteiger partial charge in [0.05, 0.1) is 23.8 Å². The Morgan fingerprint density at radius 2 is 1.00 bits per heavy atom. The predicted molar refractivity (Wildman–Crippen MR) is 150 cm³/mol. The van der Waals surface area contributed by atoms with E-state index in [2.05, 4.69) is 22.1 Å². The number of hydrogen-bond acceptors (Lipinski definition) is 7. The van der Waals surface area contributed by atoms with E-state index in [0.29, 0.717) is 11.8 Å². The Morgan fingerprint density at radius 1 is 0.487 bits per heavy atom. The summed E-state index contributed by atoms with van der Waals surface area (Å²) >= 11 is 0. The summed E-state index contributed by atoms with van der Waals surface area (Å²) in [6, 6.07) is 27.4. The van der Waals surface area contributed by atoms with Crippen LogP contribution in [0.2, 0.25) is 0 Å². The van der Waals surface area contributed by atoms with Gasteiger partial charge in [-0.3, -0.25) is 9.97 Å². The number of fused-ring (bicyclic) bond motifs is 6. The molecule has 0 unspecified atom stereocenters. The number of aromatic nitrogens is 4. The molecule has 0 N–H and O–H groups in total. The molecule has 0 fully saturated rings. The van der Waals surface area contributed by atoms with Crippen LogP contribution in [-0.2, 0) is 0 Å². The minimum absolute atomic E-state index is 0.460. The van der Waals surface area contributed by atoms with Crippen LogP contribution >= 0.6 is 0 Å². The summed E-state index contributed by atoms with van der Waals surface area (Å²) in [6.45, 7) is 0. The van der Waals surface area contributed by atoms with Gasteiger partial charge in [0.15, 0.2) is 11.2 Å². The second-order valence-electron chi connectivity index (χ2n) is 9.19. The molecule has 8 aromatic rings. The Balaban J connectivity index is 1.12. The average Bonchev–Trinajstić information content (AvgIpc) is 3.55. The number of nitrogens with zero attached hydrogens (tertiary/aromatic N) is 4. The molecule has 8 rings (SSSR count). The van der Waals surface area contributed by atoms with Crippen LogP contribution in [0.5, 0.6) is 11.8 Å². The first-order valence-corrected chi connectivity index (χ1v) is 12.4. The van der Waals surface area contributed by atoms with Crippen molar-refractivity contribution in [3.05, 3.63) is 110 Å². The maximum absolute atomic E-state index is 6.11. The van der Waals surface area contributed by atoms with Crippen molar-refractivity contribution in [1.82, 2.24) is 19.9 Å². The highest BCUT2D eigenvalue weighted by molar-refractivity contribution is 6.06. The highest BCUT2D eigenvalue weighted by atomic mass is 16.5. The number of furan rings is 2. The lowest BCUT2D eigenvalue weighted by Gasteiger charge is -2.08. The van der Waals surface area contributed by atoms with Gasteiger partial charge in [-0.25, -0.2) is 9.97 Å². The van der Waals surface area contributed by atoms with Crippen molar-refractivity contribution in [2.24, 2.45) is 0 Å². The SMILES string of the molecule is c1cc(Oc2cccc(-c3ccc4oc5cnccc5c4c3)n2)nc(-c2ccc3oc4cnccc4c3c2)c1. The van der Waals surface area contributed by atoms with Crippen LogP contribution in [-0.4, -0.2) is 19.9 Å². The van der Waals surface area contributed by atoms with Crippen LogP contribution in [0.1, 0.15) is 0 Å². The minimum atomic E-state index is 0.460. The molecule has 0 aliphatic carbocycles. The molecular formula is C32H18N4O3. The molecule has 0 aliphatic rings. The standard InChI is InChI=1S/C32H18N4O3/c1-3-25(19-7-9-27-23(15-19)21-11-13-33-17-29(21)37-27)35-31(5-1)39-32-6-2-4-26(36-32)20-8-10-28-24(16-20)22-12-14-34-18-30(22)38-28/h1-18H.